The molecule has 0 heterocycles. The van der Waals surface area contributed by atoms with Gasteiger partial charge in [0.2, 0.25) is 0 Å². The van der Waals surface area contributed by atoms with Crippen molar-refractivity contribution in [3.8, 4) is 0 Å². The minimum Gasteiger partial charge on any atom is -0.445 e. The van der Waals surface area contributed by atoms with Crippen molar-refractivity contribution < 1.29 is 64.3 Å². The molecule has 0 aromatic heterocycles. The van der Waals surface area contributed by atoms with Crippen LogP contribution in [0.1, 0.15) is 11.1 Å². The Morgan fingerprint density at radius 1 is 1.27 bits per heavy atom. The van der Waals surface area contributed by atoms with Crippen molar-refractivity contribution >= 4 is 24.7 Å². The fourth-order valence-corrected chi connectivity index (χ4v) is 1.18. The van der Waals surface area contributed by atoms with Gasteiger partial charge in [0, 0.05) is 5.02 Å². The number of halogens is 4. The van der Waals surface area contributed by atoms with E-state index in [0.29, 0.717) is 10.6 Å². The first-order chi connectivity index (χ1) is 6.38. The summed E-state index contributed by atoms with van der Waals surface area (Å²) in [6.45, 7) is -3.09. The maximum Gasteiger partial charge on any atom is 1.00 e. The summed E-state index contributed by atoms with van der Waals surface area (Å²) in [5.41, 5.74) is 1.27. The van der Waals surface area contributed by atoms with E-state index in [1.165, 1.54) is 0 Å². The van der Waals surface area contributed by atoms with Crippen LogP contribution in [0.25, 0.3) is 6.08 Å². The normalized spacial score (nSPS) is 11.5. The molecule has 76 valence electrons. The predicted molar refractivity (Wildman–Crippen MR) is 54.3 cm³/mol. The van der Waals surface area contributed by atoms with Crippen LogP contribution in [-0.4, -0.2) is 6.98 Å². The maximum absolute atomic E-state index is 11.9. The molecule has 0 fully saturated rings. The minimum absolute atomic E-state index is 0. The van der Waals surface area contributed by atoms with E-state index in [0.717, 1.165) is 11.6 Å². The molecule has 0 aliphatic carbocycles. The molecule has 0 saturated carbocycles. The minimum atomic E-state index is -4.89. The first-order valence-electron chi connectivity index (χ1n) is 4.04. The van der Waals surface area contributed by atoms with Gasteiger partial charge in [0.25, 0.3) is 0 Å². The first kappa shape index (κ1) is 15.7. The second kappa shape index (κ2) is 6.47. The van der Waals surface area contributed by atoms with Crippen LogP contribution >= 0.6 is 11.6 Å². The van der Waals surface area contributed by atoms with Crippen molar-refractivity contribution in [2.45, 2.75) is 6.92 Å². The molecule has 0 radical (unpaired) electrons. The van der Waals surface area contributed by atoms with Gasteiger partial charge in [0.15, 0.2) is 0 Å². The Hall–Kier alpha value is 0.741. The van der Waals surface area contributed by atoms with Gasteiger partial charge in [-0.15, -0.1) is 5.98 Å². The third kappa shape index (κ3) is 6.14. The van der Waals surface area contributed by atoms with Gasteiger partial charge in [-0.25, -0.2) is 0 Å². The standard InChI is InChI=1S/C9H8BClF3.K/c1-7-2-3-9(11)8(6-7)4-5-10(12,13)14;/h2-6H,1H3;/q-1;+1/b5-4+;. The van der Waals surface area contributed by atoms with E-state index >= 15 is 0 Å². The van der Waals surface area contributed by atoms with Crippen molar-refractivity contribution in [3.05, 3.63) is 40.3 Å². The molecule has 0 aliphatic rings. The quantitative estimate of drug-likeness (QED) is 0.696. The van der Waals surface area contributed by atoms with E-state index in [4.69, 9.17) is 11.6 Å². The molecule has 0 aliphatic heterocycles. The van der Waals surface area contributed by atoms with Crippen molar-refractivity contribution in [1.82, 2.24) is 0 Å². The predicted octanol–water partition coefficient (Wildman–Crippen LogP) is 1.05. The number of benzene rings is 1. The summed E-state index contributed by atoms with van der Waals surface area (Å²) in [4.78, 5) is 0. The molecule has 1 aromatic rings. The Morgan fingerprint density at radius 2 is 1.87 bits per heavy atom. The third-order valence-electron chi connectivity index (χ3n) is 1.65. The smallest absolute Gasteiger partial charge is 0.445 e. The van der Waals surface area contributed by atoms with Gasteiger partial charge in [-0.1, -0.05) is 35.4 Å². The second-order valence-electron chi connectivity index (χ2n) is 3.01. The van der Waals surface area contributed by atoms with Gasteiger partial charge in [-0.3, -0.25) is 0 Å². The summed E-state index contributed by atoms with van der Waals surface area (Å²) in [6.07, 6.45) is 0.995. The topological polar surface area (TPSA) is 0 Å². The fraction of sp³-hybridized carbons (Fsp3) is 0.111. The number of aryl methyl sites for hydroxylation is 1. The van der Waals surface area contributed by atoms with Crippen molar-refractivity contribution in [3.63, 3.8) is 0 Å². The molecular weight excluding hydrogens is 250 g/mol. The summed E-state index contributed by atoms with van der Waals surface area (Å²) >= 11 is 5.71. The summed E-state index contributed by atoms with van der Waals surface area (Å²) in [5.74, 6) is 0.237. The molecule has 0 atom stereocenters. The zero-order valence-electron chi connectivity index (χ0n) is 8.48. The van der Waals surface area contributed by atoms with Crippen LogP contribution < -0.4 is 51.4 Å². The van der Waals surface area contributed by atoms with Crippen LogP contribution in [0.3, 0.4) is 0 Å². The molecule has 6 heteroatoms. The van der Waals surface area contributed by atoms with Crippen LogP contribution in [0, 0.1) is 6.92 Å². The van der Waals surface area contributed by atoms with E-state index in [1.54, 1.807) is 25.1 Å². The van der Waals surface area contributed by atoms with Crippen LogP contribution in [-0.2, 0) is 0 Å². The van der Waals surface area contributed by atoms with Crippen LogP contribution in [0.15, 0.2) is 24.2 Å². The third-order valence-corrected chi connectivity index (χ3v) is 1.99. The zero-order valence-corrected chi connectivity index (χ0v) is 12.4. The molecule has 1 rings (SSSR count). The Morgan fingerprint density at radius 3 is 2.40 bits per heavy atom. The van der Waals surface area contributed by atoms with Crippen LogP contribution in [0.2, 0.25) is 5.02 Å². The summed E-state index contributed by atoms with van der Waals surface area (Å²) in [6, 6.07) is 4.94. The molecular formula is C9H8BClF3K. The van der Waals surface area contributed by atoms with E-state index in [2.05, 4.69) is 0 Å². The maximum atomic E-state index is 11.9. The molecule has 1 aromatic carbocycles. The van der Waals surface area contributed by atoms with Crippen molar-refractivity contribution in [2.24, 2.45) is 0 Å². The van der Waals surface area contributed by atoms with E-state index in [9.17, 15) is 12.9 Å². The van der Waals surface area contributed by atoms with Gasteiger partial charge in [-0.2, -0.15) is 0 Å². The molecule has 0 spiro atoms. The average Bonchev–Trinajstić information content (AvgIpc) is 2.05. The first-order valence-corrected chi connectivity index (χ1v) is 4.41. The summed E-state index contributed by atoms with van der Waals surface area (Å²) < 4.78 is 35.7. The van der Waals surface area contributed by atoms with Gasteiger partial charge < -0.3 is 12.9 Å². The molecule has 0 saturated heterocycles. The van der Waals surface area contributed by atoms with E-state index in [1.807, 2.05) is 0 Å². The Kier molecular flexibility index (Phi) is 6.79. The van der Waals surface area contributed by atoms with E-state index in [-0.39, 0.29) is 57.4 Å². The van der Waals surface area contributed by atoms with Crippen molar-refractivity contribution in [1.29, 1.82) is 0 Å². The summed E-state index contributed by atoms with van der Waals surface area (Å²) in [7, 11) is 0. The van der Waals surface area contributed by atoms with Crippen LogP contribution in [0.4, 0.5) is 12.9 Å². The Balaban J connectivity index is 0.00000196. The fourth-order valence-electron chi connectivity index (χ4n) is 1.00. The molecule has 0 nitrogen and oxygen atoms in total. The van der Waals surface area contributed by atoms with Crippen molar-refractivity contribution in [2.75, 3.05) is 0 Å². The number of rotatable bonds is 2. The summed E-state index contributed by atoms with van der Waals surface area (Å²) in [5, 5.41) is 0.326. The monoisotopic (exact) mass is 258 g/mol. The van der Waals surface area contributed by atoms with Gasteiger partial charge in [-0.05, 0) is 18.6 Å². The molecule has 0 amide bonds. The van der Waals surface area contributed by atoms with Gasteiger partial charge >= 0.3 is 58.4 Å². The van der Waals surface area contributed by atoms with Gasteiger partial charge in [0.1, 0.15) is 0 Å². The second-order valence-corrected chi connectivity index (χ2v) is 3.42. The van der Waals surface area contributed by atoms with Crippen LogP contribution in [0.5, 0.6) is 0 Å². The Labute approximate surface area is 134 Å². The molecule has 0 unspecified atom stereocenters. The van der Waals surface area contributed by atoms with Gasteiger partial charge in [0.05, 0.1) is 0 Å². The largest absolute Gasteiger partial charge is 1.00 e. The average molecular weight is 259 g/mol. The molecule has 0 bridgehead atoms. The molecule has 15 heavy (non-hydrogen) atoms. The number of hydrogen-bond acceptors (Lipinski definition) is 0. The SMILES string of the molecule is Cc1ccc(Cl)c(/C=C/[B-](F)(F)F)c1.[K+]. The van der Waals surface area contributed by atoms with E-state index < -0.39 is 6.98 Å². The zero-order chi connectivity index (χ0) is 10.8. The Bertz CT molecular complexity index is 363. The molecule has 0 N–H and O–H groups in total. The number of hydrogen-bond donors (Lipinski definition) is 0.